The summed E-state index contributed by atoms with van der Waals surface area (Å²) in [6, 6.07) is 7.51. The number of carbonyl (C=O) groups excluding carboxylic acids is 1. The van der Waals surface area contributed by atoms with E-state index in [-0.39, 0.29) is 17.5 Å². The van der Waals surface area contributed by atoms with E-state index in [1.54, 1.807) is 24.4 Å². The number of hydrogen-bond acceptors (Lipinski definition) is 4. The average molecular weight is 277 g/mol. The van der Waals surface area contributed by atoms with Crippen molar-refractivity contribution in [2.45, 2.75) is 4.90 Å². The third-order valence-corrected chi connectivity index (χ3v) is 3.37. The highest BCUT2D eigenvalue weighted by molar-refractivity contribution is 8.00. The van der Waals surface area contributed by atoms with Crippen molar-refractivity contribution < 1.29 is 9.18 Å². The maximum Gasteiger partial charge on any atom is 0.234 e. The monoisotopic (exact) mass is 277 g/mol. The lowest BCUT2D eigenvalue weighted by molar-refractivity contribution is -0.113. The van der Waals surface area contributed by atoms with Crippen LogP contribution in [0.15, 0.2) is 47.6 Å². The van der Waals surface area contributed by atoms with Gasteiger partial charge in [0.05, 0.1) is 17.6 Å². The van der Waals surface area contributed by atoms with Gasteiger partial charge in [-0.05, 0) is 24.3 Å². The van der Waals surface area contributed by atoms with Crippen molar-refractivity contribution in [3.8, 4) is 0 Å². The van der Waals surface area contributed by atoms with Gasteiger partial charge in [0.15, 0.2) is 0 Å². The number of carbonyl (C=O) groups is 1. The maximum atomic E-state index is 12.9. The summed E-state index contributed by atoms with van der Waals surface area (Å²) in [5.74, 6) is -0.402. The first-order valence-corrected chi connectivity index (χ1v) is 6.51. The molecule has 3 N–H and O–H groups in total. The van der Waals surface area contributed by atoms with Gasteiger partial charge < -0.3 is 11.1 Å². The molecule has 0 spiro atoms. The number of nitrogen functional groups attached to an aromatic ring is 1. The molecule has 4 nitrogen and oxygen atoms in total. The Kier molecular flexibility index (Phi) is 4.35. The minimum absolute atomic E-state index is 0.199. The molecule has 0 atom stereocenters. The third kappa shape index (κ3) is 3.96. The Labute approximate surface area is 114 Å². The van der Waals surface area contributed by atoms with Gasteiger partial charge in [0.2, 0.25) is 5.91 Å². The van der Waals surface area contributed by atoms with Gasteiger partial charge in [-0.1, -0.05) is 6.07 Å². The van der Waals surface area contributed by atoms with Crippen molar-refractivity contribution in [2.75, 3.05) is 16.8 Å². The summed E-state index contributed by atoms with van der Waals surface area (Å²) in [5, 5.41) is 2.62. The van der Waals surface area contributed by atoms with Crippen molar-refractivity contribution in [1.82, 2.24) is 4.98 Å². The van der Waals surface area contributed by atoms with E-state index in [0.717, 1.165) is 4.90 Å². The first-order valence-electron chi connectivity index (χ1n) is 5.53. The highest BCUT2D eigenvalue weighted by Gasteiger charge is 2.06. The highest BCUT2D eigenvalue weighted by Crippen LogP contribution is 2.23. The van der Waals surface area contributed by atoms with E-state index in [1.807, 2.05) is 0 Å². The number of benzene rings is 1. The second kappa shape index (κ2) is 6.19. The average Bonchev–Trinajstić information content (AvgIpc) is 2.38. The van der Waals surface area contributed by atoms with E-state index in [9.17, 15) is 9.18 Å². The molecule has 0 saturated heterocycles. The van der Waals surface area contributed by atoms with Crippen molar-refractivity contribution in [2.24, 2.45) is 0 Å². The standard InChI is InChI=1S/C13H12FN3OS/c14-9-2-1-3-10(6-9)17-13(18)8-19-12-4-5-16-7-11(12)15/h1-7H,8,15H2,(H,17,18). The number of pyridine rings is 1. The van der Waals surface area contributed by atoms with E-state index in [0.29, 0.717) is 11.4 Å². The summed E-state index contributed by atoms with van der Waals surface area (Å²) in [4.78, 5) is 16.4. The molecule has 2 aromatic rings. The molecule has 98 valence electrons. The van der Waals surface area contributed by atoms with E-state index < -0.39 is 0 Å². The summed E-state index contributed by atoms with van der Waals surface area (Å²) < 4.78 is 12.9. The van der Waals surface area contributed by atoms with Crippen LogP contribution in [-0.2, 0) is 4.79 Å². The lowest BCUT2D eigenvalue weighted by atomic mass is 10.3. The van der Waals surface area contributed by atoms with Gasteiger partial charge in [-0.3, -0.25) is 9.78 Å². The second-order valence-corrected chi connectivity index (χ2v) is 4.78. The Morgan fingerprint density at radius 3 is 3.00 bits per heavy atom. The van der Waals surface area contributed by atoms with Crippen LogP contribution in [0.25, 0.3) is 0 Å². The Hall–Kier alpha value is -2.08. The zero-order chi connectivity index (χ0) is 13.7. The van der Waals surface area contributed by atoms with Crippen LogP contribution in [0.1, 0.15) is 0 Å². The largest absolute Gasteiger partial charge is 0.397 e. The van der Waals surface area contributed by atoms with Crippen LogP contribution < -0.4 is 11.1 Å². The van der Waals surface area contributed by atoms with Crippen LogP contribution >= 0.6 is 11.8 Å². The number of halogens is 1. The molecule has 19 heavy (non-hydrogen) atoms. The summed E-state index contributed by atoms with van der Waals surface area (Å²) >= 11 is 1.31. The van der Waals surface area contributed by atoms with Gasteiger partial charge in [0.25, 0.3) is 0 Å². The Balaban J connectivity index is 1.90. The molecule has 0 radical (unpaired) electrons. The smallest absolute Gasteiger partial charge is 0.234 e. The van der Waals surface area contributed by atoms with Gasteiger partial charge in [0.1, 0.15) is 5.82 Å². The number of hydrogen-bond donors (Lipinski definition) is 2. The molecule has 6 heteroatoms. The molecule has 0 bridgehead atoms. The molecule has 1 aromatic carbocycles. The molecule has 0 aliphatic heterocycles. The Morgan fingerprint density at radius 1 is 1.42 bits per heavy atom. The van der Waals surface area contributed by atoms with Crippen LogP contribution in [0.2, 0.25) is 0 Å². The maximum absolute atomic E-state index is 12.9. The summed E-state index contributed by atoms with van der Waals surface area (Å²) in [7, 11) is 0. The first kappa shape index (κ1) is 13.4. The molecule has 0 saturated carbocycles. The number of nitrogens with zero attached hydrogens (tertiary/aromatic N) is 1. The number of anilines is 2. The SMILES string of the molecule is Nc1cnccc1SCC(=O)Nc1cccc(F)c1. The number of aromatic nitrogens is 1. The Morgan fingerprint density at radius 2 is 2.26 bits per heavy atom. The zero-order valence-electron chi connectivity index (χ0n) is 9.97. The summed E-state index contributed by atoms with van der Waals surface area (Å²) in [5.41, 5.74) is 6.69. The van der Waals surface area contributed by atoms with Crippen molar-refractivity contribution >= 4 is 29.0 Å². The lowest BCUT2D eigenvalue weighted by Crippen LogP contribution is -2.14. The molecule has 1 amide bonds. The fourth-order valence-electron chi connectivity index (χ4n) is 1.43. The molecule has 1 aromatic heterocycles. The van der Waals surface area contributed by atoms with Gasteiger partial charge in [-0.2, -0.15) is 0 Å². The number of amides is 1. The molecule has 1 heterocycles. The molecule has 2 rings (SSSR count). The van der Waals surface area contributed by atoms with Crippen LogP contribution in [0.5, 0.6) is 0 Å². The minimum Gasteiger partial charge on any atom is -0.397 e. The van der Waals surface area contributed by atoms with Crippen molar-refractivity contribution in [1.29, 1.82) is 0 Å². The number of nitrogens with one attached hydrogen (secondary N) is 1. The van der Waals surface area contributed by atoms with Crippen molar-refractivity contribution in [3.63, 3.8) is 0 Å². The lowest BCUT2D eigenvalue weighted by Gasteiger charge is -2.06. The number of nitrogens with two attached hydrogens (primary N) is 1. The third-order valence-electron chi connectivity index (χ3n) is 2.28. The summed E-state index contributed by atoms with van der Waals surface area (Å²) in [6.07, 6.45) is 3.15. The normalized spacial score (nSPS) is 10.2. The molecule has 0 fully saturated rings. The number of rotatable bonds is 4. The quantitative estimate of drug-likeness (QED) is 0.843. The van der Waals surface area contributed by atoms with Crippen molar-refractivity contribution in [3.05, 3.63) is 48.5 Å². The molecular formula is C13H12FN3OS. The van der Waals surface area contributed by atoms with Gasteiger partial charge >= 0.3 is 0 Å². The van der Waals surface area contributed by atoms with Crippen LogP contribution in [0.4, 0.5) is 15.8 Å². The predicted molar refractivity (Wildman–Crippen MR) is 74.4 cm³/mol. The van der Waals surface area contributed by atoms with Crippen LogP contribution in [-0.4, -0.2) is 16.6 Å². The molecular weight excluding hydrogens is 265 g/mol. The van der Waals surface area contributed by atoms with Gasteiger partial charge in [0, 0.05) is 16.8 Å². The predicted octanol–water partition coefficient (Wildman–Crippen LogP) is 2.53. The molecule has 0 unspecified atom stereocenters. The zero-order valence-corrected chi connectivity index (χ0v) is 10.8. The number of thioether (sulfide) groups is 1. The van der Waals surface area contributed by atoms with E-state index in [1.165, 1.54) is 30.1 Å². The first-order chi connectivity index (χ1) is 9.15. The minimum atomic E-state index is -0.385. The fourth-order valence-corrected chi connectivity index (χ4v) is 2.17. The molecule has 0 aliphatic carbocycles. The van der Waals surface area contributed by atoms with Gasteiger partial charge in [-0.15, -0.1) is 11.8 Å². The highest BCUT2D eigenvalue weighted by atomic mass is 32.2. The van der Waals surface area contributed by atoms with E-state index in [4.69, 9.17) is 5.73 Å². The van der Waals surface area contributed by atoms with Gasteiger partial charge in [-0.25, -0.2) is 4.39 Å². The van der Waals surface area contributed by atoms with E-state index in [2.05, 4.69) is 10.3 Å². The molecule has 0 aliphatic rings. The van der Waals surface area contributed by atoms with Crippen LogP contribution in [0, 0.1) is 5.82 Å². The second-order valence-electron chi connectivity index (χ2n) is 3.76. The topological polar surface area (TPSA) is 68.0 Å². The summed E-state index contributed by atoms with van der Waals surface area (Å²) in [6.45, 7) is 0. The van der Waals surface area contributed by atoms with Crippen LogP contribution in [0.3, 0.4) is 0 Å². The fraction of sp³-hybridized carbons (Fsp3) is 0.0769. The Bertz CT molecular complexity index is 592. The van der Waals surface area contributed by atoms with E-state index >= 15 is 0 Å².